The maximum atomic E-state index is 13.2. The topological polar surface area (TPSA) is 26.0 Å². The smallest absolute Gasteiger partial charge is 0.124 e. The lowest BCUT2D eigenvalue weighted by atomic mass is 10.1. The predicted molar refractivity (Wildman–Crippen MR) is 78.3 cm³/mol. The second-order valence-electron chi connectivity index (χ2n) is 3.91. The first-order valence-electron chi connectivity index (χ1n) is 5.95. The second-order valence-corrected chi connectivity index (χ2v) is 4.96. The minimum Gasteiger partial charge on any atom is -0.320 e. The Morgan fingerprint density at radius 3 is 2.63 bits per heavy atom. The highest BCUT2D eigenvalue weighted by Crippen LogP contribution is 2.24. The van der Waals surface area contributed by atoms with E-state index in [-0.39, 0.29) is 12.4 Å². The second kappa shape index (κ2) is 6.98. The standard InChI is InChI=1S/C16H14FNS/c17-15-9-8-14(13(11-15)5-4-10-18)12-19-16-6-2-1-3-7-16/h1-3,6-9,11H,10,12,18H2. The first-order chi connectivity index (χ1) is 9.29. The van der Waals surface area contributed by atoms with E-state index in [2.05, 4.69) is 24.0 Å². The Morgan fingerprint density at radius 1 is 1.11 bits per heavy atom. The van der Waals surface area contributed by atoms with Crippen molar-refractivity contribution >= 4 is 11.8 Å². The van der Waals surface area contributed by atoms with Gasteiger partial charge < -0.3 is 5.73 Å². The largest absolute Gasteiger partial charge is 0.320 e. The minimum atomic E-state index is -0.269. The molecule has 0 aliphatic carbocycles. The van der Waals surface area contributed by atoms with Crippen LogP contribution < -0.4 is 5.73 Å². The fraction of sp³-hybridized carbons (Fsp3) is 0.125. The molecule has 0 unspecified atom stereocenters. The van der Waals surface area contributed by atoms with E-state index in [1.54, 1.807) is 17.8 Å². The highest BCUT2D eigenvalue weighted by Gasteiger charge is 2.03. The zero-order chi connectivity index (χ0) is 13.5. The fourth-order valence-electron chi connectivity index (χ4n) is 1.61. The number of hydrogen-bond donors (Lipinski definition) is 1. The fourth-order valence-corrected chi connectivity index (χ4v) is 2.54. The summed E-state index contributed by atoms with van der Waals surface area (Å²) in [6.45, 7) is 0.280. The van der Waals surface area contributed by atoms with Gasteiger partial charge in [0.15, 0.2) is 0 Å². The van der Waals surface area contributed by atoms with Crippen LogP contribution in [0, 0.1) is 17.7 Å². The van der Waals surface area contributed by atoms with E-state index < -0.39 is 0 Å². The van der Waals surface area contributed by atoms with E-state index in [1.165, 1.54) is 17.0 Å². The van der Waals surface area contributed by atoms with Crippen LogP contribution in [0.3, 0.4) is 0 Å². The molecule has 0 saturated carbocycles. The van der Waals surface area contributed by atoms with Crippen molar-refractivity contribution in [3.63, 3.8) is 0 Å². The van der Waals surface area contributed by atoms with Crippen molar-refractivity contribution in [2.75, 3.05) is 6.54 Å². The van der Waals surface area contributed by atoms with Crippen LogP contribution in [-0.2, 0) is 5.75 Å². The molecular formula is C16H14FNS. The van der Waals surface area contributed by atoms with Gasteiger partial charge in [-0.3, -0.25) is 0 Å². The quantitative estimate of drug-likeness (QED) is 0.683. The third-order valence-electron chi connectivity index (χ3n) is 2.53. The summed E-state index contributed by atoms with van der Waals surface area (Å²) in [6, 6.07) is 14.8. The van der Waals surface area contributed by atoms with Crippen molar-refractivity contribution < 1.29 is 4.39 Å². The van der Waals surface area contributed by atoms with Gasteiger partial charge in [0.1, 0.15) is 5.82 Å². The number of hydrogen-bond acceptors (Lipinski definition) is 2. The molecule has 0 saturated heterocycles. The van der Waals surface area contributed by atoms with Crippen molar-refractivity contribution in [2.24, 2.45) is 5.73 Å². The summed E-state index contributed by atoms with van der Waals surface area (Å²) < 4.78 is 13.2. The van der Waals surface area contributed by atoms with Crippen LogP contribution in [-0.4, -0.2) is 6.54 Å². The molecule has 2 rings (SSSR count). The molecule has 0 fully saturated rings. The van der Waals surface area contributed by atoms with Crippen LogP contribution in [0.4, 0.5) is 4.39 Å². The molecule has 0 heterocycles. The maximum Gasteiger partial charge on any atom is 0.124 e. The molecular weight excluding hydrogens is 257 g/mol. The molecule has 96 valence electrons. The Hall–Kier alpha value is -1.76. The van der Waals surface area contributed by atoms with Crippen molar-refractivity contribution in [3.8, 4) is 11.8 Å². The summed E-state index contributed by atoms with van der Waals surface area (Å²) in [5.74, 6) is 6.19. The van der Waals surface area contributed by atoms with Gasteiger partial charge in [-0.25, -0.2) is 4.39 Å². The average Bonchev–Trinajstić information content (AvgIpc) is 2.45. The van der Waals surface area contributed by atoms with Gasteiger partial charge >= 0.3 is 0 Å². The van der Waals surface area contributed by atoms with Gasteiger partial charge in [0.2, 0.25) is 0 Å². The van der Waals surface area contributed by atoms with Gasteiger partial charge in [-0.15, -0.1) is 11.8 Å². The molecule has 3 heteroatoms. The molecule has 2 aromatic carbocycles. The number of halogens is 1. The van der Waals surface area contributed by atoms with Crippen LogP contribution >= 0.6 is 11.8 Å². The molecule has 0 aliphatic heterocycles. The highest BCUT2D eigenvalue weighted by molar-refractivity contribution is 7.98. The van der Waals surface area contributed by atoms with Crippen LogP contribution in [0.15, 0.2) is 53.4 Å². The molecule has 19 heavy (non-hydrogen) atoms. The monoisotopic (exact) mass is 271 g/mol. The number of nitrogens with two attached hydrogens (primary N) is 1. The Balaban J connectivity index is 2.15. The Kier molecular flexibility index (Phi) is 5.02. The molecule has 0 spiro atoms. The van der Waals surface area contributed by atoms with E-state index in [9.17, 15) is 4.39 Å². The zero-order valence-electron chi connectivity index (χ0n) is 10.4. The minimum absolute atomic E-state index is 0.269. The maximum absolute atomic E-state index is 13.2. The molecule has 2 aromatic rings. The van der Waals surface area contributed by atoms with Crippen LogP contribution in [0.25, 0.3) is 0 Å². The van der Waals surface area contributed by atoms with Crippen LogP contribution in [0.1, 0.15) is 11.1 Å². The van der Waals surface area contributed by atoms with Gasteiger partial charge in [0.25, 0.3) is 0 Å². The SMILES string of the molecule is NCC#Cc1cc(F)ccc1CSc1ccccc1. The summed E-state index contributed by atoms with van der Waals surface area (Å²) in [6.07, 6.45) is 0. The number of rotatable bonds is 3. The third-order valence-corrected chi connectivity index (χ3v) is 3.60. The van der Waals surface area contributed by atoms with E-state index in [0.717, 1.165) is 11.3 Å². The summed E-state index contributed by atoms with van der Waals surface area (Å²) in [5, 5.41) is 0. The van der Waals surface area contributed by atoms with Crippen LogP contribution in [0.2, 0.25) is 0 Å². The van der Waals surface area contributed by atoms with Gasteiger partial charge in [0, 0.05) is 16.2 Å². The van der Waals surface area contributed by atoms with Crippen molar-refractivity contribution in [3.05, 3.63) is 65.5 Å². The van der Waals surface area contributed by atoms with Gasteiger partial charge in [-0.1, -0.05) is 36.1 Å². The first kappa shape index (κ1) is 13.7. The first-order valence-corrected chi connectivity index (χ1v) is 6.93. The Bertz CT molecular complexity index is 599. The third kappa shape index (κ3) is 4.13. The van der Waals surface area contributed by atoms with E-state index in [1.807, 2.05) is 18.2 Å². The molecule has 0 radical (unpaired) electrons. The molecule has 1 nitrogen and oxygen atoms in total. The molecule has 0 aromatic heterocycles. The van der Waals surface area contributed by atoms with Crippen molar-refractivity contribution in [1.82, 2.24) is 0 Å². The Morgan fingerprint density at radius 2 is 1.89 bits per heavy atom. The normalized spacial score (nSPS) is 9.79. The van der Waals surface area contributed by atoms with Crippen molar-refractivity contribution in [2.45, 2.75) is 10.6 Å². The lowest BCUT2D eigenvalue weighted by molar-refractivity contribution is 0.627. The molecule has 2 N–H and O–H groups in total. The van der Waals surface area contributed by atoms with Gasteiger partial charge in [0.05, 0.1) is 6.54 Å². The summed E-state index contributed by atoms with van der Waals surface area (Å²) in [7, 11) is 0. The average molecular weight is 271 g/mol. The Labute approximate surface area is 117 Å². The highest BCUT2D eigenvalue weighted by atomic mass is 32.2. The van der Waals surface area contributed by atoms with E-state index in [4.69, 9.17) is 5.73 Å². The lowest BCUT2D eigenvalue weighted by Gasteiger charge is -2.05. The van der Waals surface area contributed by atoms with Crippen molar-refractivity contribution in [1.29, 1.82) is 0 Å². The zero-order valence-corrected chi connectivity index (χ0v) is 11.2. The predicted octanol–water partition coefficient (Wildman–Crippen LogP) is 3.43. The molecule has 0 aliphatic rings. The van der Waals surface area contributed by atoms with E-state index >= 15 is 0 Å². The van der Waals surface area contributed by atoms with Crippen LogP contribution in [0.5, 0.6) is 0 Å². The number of thioether (sulfide) groups is 1. The van der Waals surface area contributed by atoms with Gasteiger partial charge in [-0.2, -0.15) is 0 Å². The molecule has 0 amide bonds. The summed E-state index contributed by atoms with van der Waals surface area (Å²) in [5.41, 5.74) is 7.10. The molecule has 0 bridgehead atoms. The lowest BCUT2D eigenvalue weighted by Crippen LogP contribution is -1.95. The number of benzene rings is 2. The molecule has 0 atom stereocenters. The van der Waals surface area contributed by atoms with E-state index in [0.29, 0.717) is 5.56 Å². The van der Waals surface area contributed by atoms with Gasteiger partial charge in [-0.05, 0) is 29.8 Å². The summed E-state index contributed by atoms with van der Waals surface area (Å²) in [4.78, 5) is 1.18. The summed E-state index contributed by atoms with van der Waals surface area (Å²) >= 11 is 1.71.